The second kappa shape index (κ2) is 5.54. The molecule has 0 aliphatic carbocycles. The second-order valence-electron chi connectivity index (χ2n) is 4.17. The average molecular weight is 238 g/mol. The Morgan fingerprint density at radius 3 is 2.71 bits per heavy atom. The van der Waals surface area contributed by atoms with Crippen LogP contribution in [0.4, 0.5) is 0 Å². The first-order valence-corrected chi connectivity index (χ1v) is 5.45. The highest BCUT2D eigenvalue weighted by molar-refractivity contribution is 5.97. The number of nitrogens with two attached hydrogens (primary N) is 1. The van der Waals surface area contributed by atoms with Crippen LogP contribution >= 0.6 is 0 Å². The lowest BCUT2D eigenvalue weighted by Gasteiger charge is -2.19. The summed E-state index contributed by atoms with van der Waals surface area (Å²) in [6, 6.07) is 4.33. The molecule has 5 heteroatoms. The molecule has 0 aromatic heterocycles. The number of phenols is 2. The van der Waals surface area contributed by atoms with Gasteiger partial charge < -0.3 is 20.8 Å². The van der Waals surface area contributed by atoms with Crippen LogP contribution in [-0.2, 0) is 0 Å². The van der Waals surface area contributed by atoms with Gasteiger partial charge in [-0.05, 0) is 25.5 Å². The molecule has 0 saturated heterocycles. The van der Waals surface area contributed by atoms with Crippen molar-refractivity contribution in [2.75, 3.05) is 13.6 Å². The third-order valence-corrected chi connectivity index (χ3v) is 2.51. The van der Waals surface area contributed by atoms with E-state index in [-0.39, 0.29) is 29.0 Å². The fourth-order valence-electron chi connectivity index (χ4n) is 1.41. The number of nitrogens with zero attached hydrogens (tertiary/aromatic N) is 1. The van der Waals surface area contributed by atoms with E-state index in [9.17, 15) is 15.0 Å². The number of aromatic hydroxyl groups is 2. The number of rotatable bonds is 4. The predicted octanol–water partition coefficient (Wildman–Crippen LogP) is 0.907. The number of para-hydroxylation sites is 1. The van der Waals surface area contributed by atoms with E-state index < -0.39 is 0 Å². The van der Waals surface area contributed by atoms with Crippen LogP contribution < -0.4 is 5.73 Å². The molecule has 0 saturated carbocycles. The zero-order valence-electron chi connectivity index (χ0n) is 10.1. The number of phenolic OH excluding ortho intramolecular Hbond substituents is 2. The lowest BCUT2D eigenvalue weighted by molar-refractivity contribution is 0.0788. The summed E-state index contributed by atoms with van der Waals surface area (Å²) in [6.45, 7) is 2.37. The van der Waals surface area contributed by atoms with Gasteiger partial charge in [-0.1, -0.05) is 6.07 Å². The maximum absolute atomic E-state index is 11.9. The summed E-state index contributed by atoms with van der Waals surface area (Å²) in [5.74, 6) is -1.01. The number of carbonyl (C=O) groups is 1. The summed E-state index contributed by atoms with van der Waals surface area (Å²) < 4.78 is 0. The van der Waals surface area contributed by atoms with Gasteiger partial charge in [0, 0.05) is 19.6 Å². The number of carbonyl (C=O) groups excluding carboxylic acids is 1. The Hall–Kier alpha value is -1.75. The molecule has 1 aromatic carbocycles. The van der Waals surface area contributed by atoms with Crippen LogP contribution in [0.1, 0.15) is 23.7 Å². The van der Waals surface area contributed by atoms with Crippen LogP contribution in [-0.4, -0.2) is 40.7 Å². The van der Waals surface area contributed by atoms with Crippen LogP contribution in [0.15, 0.2) is 18.2 Å². The maximum atomic E-state index is 11.9. The van der Waals surface area contributed by atoms with Crippen molar-refractivity contribution >= 4 is 5.91 Å². The van der Waals surface area contributed by atoms with Crippen molar-refractivity contribution in [1.29, 1.82) is 0 Å². The van der Waals surface area contributed by atoms with E-state index in [1.807, 2.05) is 6.92 Å². The molecule has 1 rings (SSSR count). The van der Waals surface area contributed by atoms with Crippen molar-refractivity contribution in [2.24, 2.45) is 5.73 Å². The van der Waals surface area contributed by atoms with Crippen molar-refractivity contribution < 1.29 is 15.0 Å². The summed E-state index contributed by atoms with van der Waals surface area (Å²) in [4.78, 5) is 13.4. The molecule has 0 aliphatic heterocycles. The van der Waals surface area contributed by atoms with Gasteiger partial charge in [-0.3, -0.25) is 4.79 Å². The topological polar surface area (TPSA) is 86.8 Å². The maximum Gasteiger partial charge on any atom is 0.257 e. The molecule has 0 aliphatic rings. The van der Waals surface area contributed by atoms with E-state index >= 15 is 0 Å². The molecule has 0 heterocycles. The van der Waals surface area contributed by atoms with Crippen molar-refractivity contribution in [3.63, 3.8) is 0 Å². The SMILES string of the molecule is CC(N)CCN(C)C(=O)c1cccc(O)c1O. The van der Waals surface area contributed by atoms with E-state index in [4.69, 9.17) is 5.73 Å². The normalized spacial score (nSPS) is 12.2. The van der Waals surface area contributed by atoms with Crippen molar-refractivity contribution in [1.82, 2.24) is 4.90 Å². The summed E-state index contributed by atoms with van der Waals surface area (Å²) in [5, 5.41) is 18.9. The van der Waals surface area contributed by atoms with Crippen LogP contribution in [0, 0.1) is 0 Å². The standard InChI is InChI=1S/C12H18N2O3/c1-8(13)6-7-14(2)12(17)9-4-3-5-10(15)11(9)16/h3-5,8,15-16H,6-7,13H2,1-2H3. The fraction of sp³-hybridized carbons (Fsp3) is 0.417. The minimum Gasteiger partial charge on any atom is -0.504 e. The molecule has 1 unspecified atom stereocenters. The Kier molecular flexibility index (Phi) is 4.34. The quantitative estimate of drug-likeness (QED) is 0.680. The van der Waals surface area contributed by atoms with Crippen molar-refractivity contribution in [3.05, 3.63) is 23.8 Å². The van der Waals surface area contributed by atoms with Gasteiger partial charge in [0.05, 0.1) is 5.56 Å². The lowest BCUT2D eigenvalue weighted by Crippen LogP contribution is -2.31. The van der Waals surface area contributed by atoms with E-state index in [1.54, 1.807) is 7.05 Å². The van der Waals surface area contributed by atoms with Gasteiger partial charge in [0.2, 0.25) is 0 Å². The first-order valence-electron chi connectivity index (χ1n) is 5.45. The molecule has 0 bridgehead atoms. The van der Waals surface area contributed by atoms with Crippen molar-refractivity contribution in [3.8, 4) is 11.5 Å². The molecule has 0 radical (unpaired) electrons. The summed E-state index contributed by atoms with van der Waals surface area (Å²) in [6.07, 6.45) is 0.682. The minimum atomic E-state index is -0.384. The predicted molar refractivity (Wildman–Crippen MR) is 65.0 cm³/mol. The first-order chi connectivity index (χ1) is 7.93. The van der Waals surface area contributed by atoms with Crippen molar-refractivity contribution in [2.45, 2.75) is 19.4 Å². The zero-order valence-corrected chi connectivity index (χ0v) is 10.1. The van der Waals surface area contributed by atoms with E-state index in [1.165, 1.54) is 23.1 Å². The Balaban J connectivity index is 2.78. The molecule has 17 heavy (non-hydrogen) atoms. The lowest BCUT2D eigenvalue weighted by atomic mass is 10.1. The van der Waals surface area contributed by atoms with Crippen LogP contribution in [0.3, 0.4) is 0 Å². The second-order valence-corrected chi connectivity index (χ2v) is 4.17. The molecule has 1 aromatic rings. The summed E-state index contributed by atoms with van der Waals surface area (Å²) in [5.41, 5.74) is 5.70. The smallest absolute Gasteiger partial charge is 0.257 e. The molecular formula is C12H18N2O3. The largest absolute Gasteiger partial charge is 0.504 e. The fourth-order valence-corrected chi connectivity index (χ4v) is 1.41. The van der Waals surface area contributed by atoms with Gasteiger partial charge in [-0.2, -0.15) is 0 Å². The molecule has 4 N–H and O–H groups in total. The van der Waals surface area contributed by atoms with E-state index in [2.05, 4.69) is 0 Å². The van der Waals surface area contributed by atoms with E-state index in [0.717, 1.165) is 0 Å². The molecular weight excluding hydrogens is 220 g/mol. The Labute approximate surface area is 100 Å². The number of hydrogen-bond acceptors (Lipinski definition) is 4. The van der Waals surface area contributed by atoms with Gasteiger partial charge in [0.25, 0.3) is 5.91 Å². The summed E-state index contributed by atoms with van der Waals surface area (Å²) >= 11 is 0. The highest BCUT2D eigenvalue weighted by atomic mass is 16.3. The molecule has 1 amide bonds. The van der Waals surface area contributed by atoms with Gasteiger partial charge >= 0.3 is 0 Å². The third-order valence-electron chi connectivity index (χ3n) is 2.51. The van der Waals surface area contributed by atoms with Gasteiger partial charge in [0.1, 0.15) is 0 Å². The Morgan fingerprint density at radius 2 is 2.12 bits per heavy atom. The van der Waals surface area contributed by atoms with Gasteiger partial charge in [-0.15, -0.1) is 0 Å². The number of benzene rings is 1. The monoisotopic (exact) mass is 238 g/mol. The van der Waals surface area contributed by atoms with Gasteiger partial charge in [-0.25, -0.2) is 0 Å². The van der Waals surface area contributed by atoms with Crippen LogP contribution in [0.25, 0.3) is 0 Å². The number of hydrogen-bond donors (Lipinski definition) is 3. The van der Waals surface area contributed by atoms with Crippen LogP contribution in [0.2, 0.25) is 0 Å². The van der Waals surface area contributed by atoms with Crippen LogP contribution in [0.5, 0.6) is 11.5 Å². The molecule has 5 nitrogen and oxygen atoms in total. The van der Waals surface area contributed by atoms with Gasteiger partial charge in [0.15, 0.2) is 11.5 Å². The molecule has 1 atom stereocenters. The third kappa shape index (κ3) is 3.35. The molecule has 0 spiro atoms. The molecule has 94 valence electrons. The Bertz CT molecular complexity index is 405. The number of amides is 1. The summed E-state index contributed by atoms with van der Waals surface area (Å²) in [7, 11) is 1.63. The average Bonchev–Trinajstić information content (AvgIpc) is 2.28. The Morgan fingerprint density at radius 1 is 1.47 bits per heavy atom. The zero-order chi connectivity index (χ0) is 13.0. The van der Waals surface area contributed by atoms with E-state index in [0.29, 0.717) is 13.0 Å². The minimum absolute atomic E-state index is 0.0167. The first kappa shape index (κ1) is 13.3. The highest BCUT2D eigenvalue weighted by Gasteiger charge is 2.17. The molecule has 0 fully saturated rings. The highest BCUT2D eigenvalue weighted by Crippen LogP contribution is 2.28.